The molecule has 0 spiro atoms. The van der Waals surface area contributed by atoms with Gasteiger partial charge in [0, 0.05) is 5.56 Å². The molecule has 132 valence electrons. The zero-order chi connectivity index (χ0) is 18.4. The first-order valence-corrected chi connectivity index (χ1v) is 8.20. The van der Waals surface area contributed by atoms with E-state index in [9.17, 15) is 4.79 Å². The van der Waals surface area contributed by atoms with Gasteiger partial charge in [0.15, 0.2) is 0 Å². The highest BCUT2D eigenvalue weighted by molar-refractivity contribution is 6.01. The zero-order valence-electron chi connectivity index (χ0n) is 14.6. The van der Waals surface area contributed by atoms with Gasteiger partial charge < -0.3 is 4.74 Å². The fourth-order valence-corrected chi connectivity index (χ4v) is 2.33. The van der Waals surface area contributed by atoms with Gasteiger partial charge in [-0.2, -0.15) is 10.2 Å². The first kappa shape index (κ1) is 17.3. The van der Waals surface area contributed by atoms with E-state index < -0.39 is 0 Å². The van der Waals surface area contributed by atoms with E-state index in [-0.39, 0.29) is 5.91 Å². The molecule has 0 fully saturated rings. The number of ether oxygens (including phenoxy) is 1. The number of carbonyl (C=O) groups excluding carboxylic acids is 1. The molecule has 1 heterocycles. The van der Waals surface area contributed by atoms with Gasteiger partial charge in [0.25, 0.3) is 5.91 Å². The molecule has 1 aromatic heterocycles. The molecule has 2 aromatic carbocycles. The van der Waals surface area contributed by atoms with Gasteiger partial charge in [-0.1, -0.05) is 12.1 Å². The van der Waals surface area contributed by atoms with Crippen LogP contribution in [0.1, 0.15) is 29.8 Å². The average molecular weight is 349 g/mol. The summed E-state index contributed by atoms with van der Waals surface area (Å²) >= 11 is 0. The minimum Gasteiger partial charge on any atom is -0.494 e. The molecule has 0 atom stereocenters. The van der Waals surface area contributed by atoms with E-state index in [4.69, 9.17) is 4.74 Å². The average Bonchev–Trinajstić information content (AvgIpc) is 3.21. The van der Waals surface area contributed by atoms with Crippen molar-refractivity contribution >= 4 is 11.6 Å². The molecule has 0 bridgehead atoms. The topological polar surface area (TPSA) is 81.4 Å². The number of aromatic nitrogens is 3. The summed E-state index contributed by atoms with van der Waals surface area (Å²) in [5.41, 5.74) is 5.60. The van der Waals surface area contributed by atoms with Crippen LogP contribution >= 0.6 is 0 Å². The summed E-state index contributed by atoms with van der Waals surface area (Å²) in [5.74, 6) is 0.461. The standard InChI is InChI=1S/C19H19N5O2/c1-3-26-18-10-6-16(7-11-18)19(25)23-22-14(2)15-4-8-17(9-5-15)24-13-20-12-21-24/h4-13H,3H2,1-2H3,(H,23,25)/b22-14+. The third kappa shape index (κ3) is 4.13. The van der Waals surface area contributed by atoms with E-state index in [1.54, 1.807) is 35.3 Å². The number of nitrogens with zero attached hydrogens (tertiary/aromatic N) is 4. The fourth-order valence-electron chi connectivity index (χ4n) is 2.33. The highest BCUT2D eigenvalue weighted by Crippen LogP contribution is 2.12. The predicted molar refractivity (Wildman–Crippen MR) is 98.6 cm³/mol. The number of nitrogens with one attached hydrogen (secondary N) is 1. The number of benzene rings is 2. The second kappa shape index (κ2) is 8.06. The molecule has 3 rings (SSSR count). The molecule has 1 amide bonds. The van der Waals surface area contributed by atoms with E-state index in [0.717, 1.165) is 17.0 Å². The van der Waals surface area contributed by atoms with E-state index in [2.05, 4.69) is 20.6 Å². The van der Waals surface area contributed by atoms with Crippen molar-refractivity contribution in [1.29, 1.82) is 0 Å². The second-order valence-electron chi connectivity index (χ2n) is 5.48. The molecule has 0 aliphatic carbocycles. The number of carbonyl (C=O) groups is 1. The summed E-state index contributed by atoms with van der Waals surface area (Å²) in [5, 5.41) is 8.25. The van der Waals surface area contributed by atoms with Crippen molar-refractivity contribution in [2.75, 3.05) is 6.61 Å². The summed E-state index contributed by atoms with van der Waals surface area (Å²) < 4.78 is 7.03. The Morgan fingerprint density at radius 2 is 1.81 bits per heavy atom. The minimum absolute atomic E-state index is 0.272. The largest absolute Gasteiger partial charge is 0.494 e. The van der Waals surface area contributed by atoms with Gasteiger partial charge in [-0.3, -0.25) is 4.79 Å². The SMILES string of the molecule is CCOc1ccc(C(=O)N/N=C(\C)c2ccc(-n3cncn3)cc2)cc1. The van der Waals surface area contributed by atoms with Crippen LogP contribution in [0, 0.1) is 0 Å². The highest BCUT2D eigenvalue weighted by atomic mass is 16.5. The predicted octanol–water partition coefficient (Wildman–Crippen LogP) is 2.82. The lowest BCUT2D eigenvalue weighted by Gasteiger charge is -2.06. The molecule has 7 nitrogen and oxygen atoms in total. The van der Waals surface area contributed by atoms with Crippen LogP contribution in [-0.2, 0) is 0 Å². The summed E-state index contributed by atoms with van der Waals surface area (Å²) in [6.45, 7) is 4.34. The van der Waals surface area contributed by atoms with Gasteiger partial charge in [-0.15, -0.1) is 0 Å². The Bertz CT molecular complexity index is 885. The van der Waals surface area contributed by atoms with Crippen LogP contribution in [0.4, 0.5) is 0 Å². The fraction of sp³-hybridized carbons (Fsp3) is 0.158. The van der Waals surface area contributed by atoms with Gasteiger partial charge in [0.1, 0.15) is 18.4 Å². The smallest absolute Gasteiger partial charge is 0.271 e. The molecule has 0 unspecified atom stereocenters. The van der Waals surface area contributed by atoms with Gasteiger partial charge >= 0.3 is 0 Å². The molecule has 26 heavy (non-hydrogen) atoms. The number of hydrogen-bond donors (Lipinski definition) is 1. The molecule has 1 N–H and O–H groups in total. The van der Waals surface area contributed by atoms with E-state index in [1.165, 1.54) is 6.33 Å². The lowest BCUT2D eigenvalue weighted by molar-refractivity contribution is 0.0955. The normalized spacial score (nSPS) is 11.2. The molecule has 0 aliphatic rings. The van der Waals surface area contributed by atoms with Crippen molar-refractivity contribution in [3.63, 3.8) is 0 Å². The van der Waals surface area contributed by atoms with Crippen LogP contribution in [0.5, 0.6) is 5.75 Å². The third-order valence-corrected chi connectivity index (χ3v) is 3.72. The number of amides is 1. The van der Waals surface area contributed by atoms with Gasteiger partial charge in [-0.25, -0.2) is 15.1 Å². The molecular formula is C19H19N5O2. The number of hydrazone groups is 1. The number of rotatable bonds is 6. The van der Waals surface area contributed by atoms with Crippen LogP contribution in [-0.4, -0.2) is 33.0 Å². The van der Waals surface area contributed by atoms with E-state index in [1.807, 2.05) is 38.1 Å². The Morgan fingerprint density at radius 1 is 1.12 bits per heavy atom. The number of hydrogen-bond acceptors (Lipinski definition) is 5. The molecule has 3 aromatic rings. The second-order valence-corrected chi connectivity index (χ2v) is 5.48. The van der Waals surface area contributed by atoms with Crippen LogP contribution in [0.25, 0.3) is 5.69 Å². The van der Waals surface area contributed by atoms with Crippen LogP contribution < -0.4 is 10.2 Å². The first-order valence-electron chi connectivity index (χ1n) is 8.20. The Morgan fingerprint density at radius 3 is 2.42 bits per heavy atom. The first-order chi connectivity index (χ1) is 12.7. The minimum atomic E-state index is -0.272. The van der Waals surface area contributed by atoms with E-state index >= 15 is 0 Å². The third-order valence-electron chi connectivity index (χ3n) is 3.72. The van der Waals surface area contributed by atoms with Crippen molar-refractivity contribution < 1.29 is 9.53 Å². The molecule has 0 radical (unpaired) electrons. The Hall–Kier alpha value is -3.48. The molecule has 7 heteroatoms. The summed E-state index contributed by atoms with van der Waals surface area (Å²) in [7, 11) is 0. The summed E-state index contributed by atoms with van der Waals surface area (Å²) in [4.78, 5) is 16.1. The van der Waals surface area contributed by atoms with Crippen LogP contribution in [0.2, 0.25) is 0 Å². The van der Waals surface area contributed by atoms with Crippen LogP contribution in [0.15, 0.2) is 66.3 Å². The van der Waals surface area contributed by atoms with Crippen molar-refractivity contribution in [1.82, 2.24) is 20.2 Å². The Kier molecular flexibility index (Phi) is 5.38. The van der Waals surface area contributed by atoms with Crippen LogP contribution in [0.3, 0.4) is 0 Å². The summed E-state index contributed by atoms with van der Waals surface area (Å²) in [6.07, 6.45) is 3.12. The van der Waals surface area contributed by atoms with Crippen molar-refractivity contribution in [3.05, 3.63) is 72.3 Å². The molecule has 0 aliphatic heterocycles. The maximum absolute atomic E-state index is 12.2. The molecular weight excluding hydrogens is 330 g/mol. The van der Waals surface area contributed by atoms with Crippen molar-refractivity contribution in [2.24, 2.45) is 5.10 Å². The summed E-state index contributed by atoms with van der Waals surface area (Å²) in [6, 6.07) is 14.6. The molecule has 0 saturated heterocycles. The highest BCUT2D eigenvalue weighted by Gasteiger charge is 2.06. The monoisotopic (exact) mass is 349 g/mol. The lowest BCUT2D eigenvalue weighted by atomic mass is 10.1. The Labute approximate surface area is 151 Å². The van der Waals surface area contributed by atoms with Gasteiger partial charge in [-0.05, 0) is 55.8 Å². The zero-order valence-corrected chi connectivity index (χ0v) is 14.6. The van der Waals surface area contributed by atoms with Gasteiger partial charge in [0.05, 0.1) is 18.0 Å². The Balaban J connectivity index is 1.64. The maximum atomic E-state index is 12.2. The quantitative estimate of drug-likeness (QED) is 0.548. The van der Waals surface area contributed by atoms with E-state index in [0.29, 0.717) is 17.9 Å². The molecule has 0 saturated carbocycles. The maximum Gasteiger partial charge on any atom is 0.271 e. The van der Waals surface area contributed by atoms with Crippen molar-refractivity contribution in [2.45, 2.75) is 13.8 Å². The lowest BCUT2D eigenvalue weighted by Crippen LogP contribution is -2.19. The van der Waals surface area contributed by atoms with Gasteiger partial charge in [0.2, 0.25) is 0 Å². The van der Waals surface area contributed by atoms with Crippen molar-refractivity contribution in [3.8, 4) is 11.4 Å².